The number of benzene rings is 3. The zero-order chi connectivity index (χ0) is 20.2. The Morgan fingerprint density at radius 1 is 1.00 bits per heavy atom. The molecule has 4 rings (SSSR count). The topological polar surface area (TPSA) is 35.5 Å². The molecular formula is C24H16ClFO3. The van der Waals surface area contributed by atoms with Gasteiger partial charge in [0.1, 0.15) is 23.9 Å². The van der Waals surface area contributed by atoms with Crippen LogP contribution in [0.2, 0.25) is 5.02 Å². The molecule has 3 aromatic carbocycles. The lowest BCUT2D eigenvalue weighted by atomic mass is 10.1. The Kier molecular flexibility index (Phi) is 5.45. The minimum absolute atomic E-state index is 0.276. The first-order valence-corrected chi connectivity index (χ1v) is 9.33. The van der Waals surface area contributed by atoms with Gasteiger partial charge in [-0.25, -0.2) is 9.18 Å². The molecule has 0 saturated heterocycles. The predicted molar refractivity (Wildman–Crippen MR) is 111 cm³/mol. The largest absolute Gasteiger partial charge is 0.489 e. The molecule has 3 nitrogen and oxygen atoms in total. The molecule has 0 fully saturated rings. The van der Waals surface area contributed by atoms with Gasteiger partial charge in [-0.3, -0.25) is 0 Å². The van der Waals surface area contributed by atoms with Gasteiger partial charge in [0.15, 0.2) is 0 Å². The summed E-state index contributed by atoms with van der Waals surface area (Å²) in [4.78, 5) is 12.2. The second-order valence-corrected chi connectivity index (χ2v) is 6.93. The van der Waals surface area contributed by atoms with Crippen LogP contribution in [0, 0.1) is 5.82 Å². The Labute approximate surface area is 172 Å². The molecule has 0 bridgehead atoms. The number of esters is 1. The van der Waals surface area contributed by atoms with Gasteiger partial charge in [0.2, 0.25) is 0 Å². The van der Waals surface area contributed by atoms with Crippen molar-refractivity contribution in [3.05, 3.63) is 112 Å². The van der Waals surface area contributed by atoms with Gasteiger partial charge in [-0.1, -0.05) is 35.9 Å². The van der Waals surface area contributed by atoms with Crippen LogP contribution in [-0.4, -0.2) is 5.97 Å². The van der Waals surface area contributed by atoms with E-state index in [0.29, 0.717) is 22.1 Å². The lowest BCUT2D eigenvalue weighted by Gasteiger charge is -2.06. The number of halogens is 2. The van der Waals surface area contributed by atoms with Crippen molar-refractivity contribution >= 4 is 29.4 Å². The van der Waals surface area contributed by atoms with Crippen LogP contribution in [-0.2, 0) is 16.1 Å². The van der Waals surface area contributed by atoms with E-state index in [0.717, 1.165) is 16.7 Å². The molecule has 29 heavy (non-hydrogen) atoms. The Morgan fingerprint density at radius 2 is 1.76 bits per heavy atom. The van der Waals surface area contributed by atoms with E-state index in [4.69, 9.17) is 21.1 Å². The standard InChI is InChI=1S/C24H16ClFO3/c25-20-8-6-18(7-9-20)23-14-19(24(27)29-23)12-16-4-10-22(11-5-16)28-15-17-2-1-3-21(26)13-17/h1-14H,15H2/b19-12+. The van der Waals surface area contributed by atoms with Crippen molar-refractivity contribution in [2.24, 2.45) is 0 Å². The highest BCUT2D eigenvalue weighted by atomic mass is 35.5. The number of rotatable bonds is 5. The first-order valence-electron chi connectivity index (χ1n) is 8.96. The van der Waals surface area contributed by atoms with Gasteiger partial charge in [-0.15, -0.1) is 0 Å². The summed E-state index contributed by atoms with van der Waals surface area (Å²) in [6.07, 6.45) is 3.46. The monoisotopic (exact) mass is 406 g/mol. The van der Waals surface area contributed by atoms with Gasteiger partial charge in [-0.05, 0) is 71.8 Å². The number of cyclic esters (lactones) is 1. The van der Waals surface area contributed by atoms with E-state index >= 15 is 0 Å². The maximum Gasteiger partial charge on any atom is 0.343 e. The maximum atomic E-state index is 13.2. The molecule has 1 aliphatic rings. The van der Waals surface area contributed by atoms with Crippen molar-refractivity contribution in [2.45, 2.75) is 6.61 Å². The number of carbonyl (C=O) groups excluding carboxylic acids is 1. The highest BCUT2D eigenvalue weighted by Crippen LogP contribution is 2.28. The van der Waals surface area contributed by atoms with E-state index in [9.17, 15) is 9.18 Å². The van der Waals surface area contributed by atoms with E-state index in [1.165, 1.54) is 12.1 Å². The summed E-state index contributed by atoms with van der Waals surface area (Å²) >= 11 is 5.89. The molecule has 0 atom stereocenters. The van der Waals surface area contributed by atoms with Crippen molar-refractivity contribution in [3.8, 4) is 5.75 Å². The SMILES string of the molecule is O=C1OC(c2ccc(Cl)cc2)=C/C1=C\c1ccc(OCc2cccc(F)c2)cc1. The van der Waals surface area contributed by atoms with Crippen molar-refractivity contribution in [1.82, 2.24) is 0 Å². The number of hydrogen-bond acceptors (Lipinski definition) is 3. The van der Waals surface area contributed by atoms with Gasteiger partial charge in [-0.2, -0.15) is 0 Å². The van der Waals surface area contributed by atoms with E-state index < -0.39 is 5.97 Å². The van der Waals surface area contributed by atoms with Crippen molar-refractivity contribution in [3.63, 3.8) is 0 Å². The zero-order valence-electron chi connectivity index (χ0n) is 15.3. The molecule has 5 heteroatoms. The smallest absolute Gasteiger partial charge is 0.343 e. The average molecular weight is 407 g/mol. The van der Waals surface area contributed by atoms with Crippen LogP contribution in [0.5, 0.6) is 5.75 Å². The highest BCUT2D eigenvalue weighted by Gasteiger charge is 2.21. The molecule has 0 unspecified atom stereocenters. The van der Waals surface area contributed by atoms with E-state index in [1.54, 1.807) is 60.7 Å². The minimum atomic E-state index is -0.401. The first kappa shape index (κ1) is 19.0. The fraction of sp³-hybridized carbons (Fsp3) is 0.0417. The molecule has 0 spiro atoms. The summed E-state index contributed by atoms with van der Waals surface area (Å²) in [7, 11) is 0. The van der Waals surface area contributed by atoms with Crippen LogP contribution >= 0.6 is 11.6 Å². The maximum absolute atomic E-state index is 13.2. The lowest BCUT2D eigenvalue weighted by Crippen LogP contribution is -1.97. The van der Waals surface area contributed by atoms with Gasteiger partial charge in [0, 0.05) is 10.6 Å². The zero-order valence-corrected chi connectivity index (χ0v) is 16.0. The Bertz CT molecular complexity index is 1100. The molecule has 1 heterocycles. The van der Waals surface area contributed by atoms with Crippen LogP contribution < -0.4 is 4.74 Å². The summed E-state index contributed by atoms with van der Waals surface area (Å²) in [5.74, 6) is 0.458. The Balaban J connectivity index is 1.45. The predicted octanol–water partition coefficient (Wildman–Crippen LogP) is 6.04. The van der Waals surface area contributed by atoms with Gasteiger partial charge < -0.3 is 9.47 Å². The Hall–Kier alpha value is -3.37. The second-order valence-electron chi connectivity index (χ2n) is 6.49. The van der Waals surface area contributed by atoms with Gasteiger partial charge in [0.25, 0.3) is 0 Å². The van der Waals surface area contributed by atoms with Crippen molar-refractivity contribution in [1.29, 1.82) is 0 Å². The normalized spacial score (nSPS) is 14.6. The highest BCUT2D eigenvalue weighted by molar-refractivity contribution is 6.30. The number of carbonyl (C=O) groups is 1. The molecule has 0 amide bonds. The van der Waals surface area contributed by atoms with Crippen molar-refractivity contribution in [2.75, 3.05) is 0 Å². The molecule has 0 radical (unpaired) electrons. The fourth-order valence-corrected chi connectivity index (χ4v) is 3.00. The molecular weight excluding hydrogens is 391 g/mol. The number of ether oxygens (including phenoxy) is 2. The van der Waals surface area contributed by atoms with Crippen LogP contribution in [0.4, 0.5) is 4.39 Å². The molecule has 0 aromatic heterocycles. The van der Waals surface area contributed by atoms with E-state index in [1.807, 2.05) is 12.1 Å². The summed E-state index contributed by atoms with van der Waals surface area (Å²) < 4.78 is 24.2. The third-order valence-electron chi connectivity index (χ3n) is 4.35. The molecule has 3 aromatic rings. The summed E-state index contributed by atoms with van der Waals surface area (Å²) in [5.41, 5.74) is 2.84. The third-order valence-corrected chi connectivity index (χ3v) is 4.60. The molecule has 1 aliphatic heterocycles. The lowest BCUT2D eigenvalue weighted by molar-refractivity contribution is -0.130. The summed E-state index contributed by atoms with van der Waals surface area (Å²) in [5, 5.41) is 0.620. The quantitative estimate of drug-likeness (QED) is 0.383. The minimum Gasteiger partial charge on any atom is -0.489 e. The van der Waals surface area contributed by atoms with E-state index in [2.05, 4.69) is 0 Å². The van der Waals surface area contributed by atoms with Gasteiger partial charge >= 0.3 is 5.97 Å². The molecule has 0 saturated carbocycles. The number of hydrogen-bond donors (Lipinski definition) is 0. The molecule has 144 valence electrons. The van der Waals surface area contributed by atoms with E-state index in [-0.39, 0.29) is 12.4 Å². The summed E-state index contributed by atoms with van der Waals surface area (Å²) in [6, 6.07) is 20.7. The third kappa shape index (κ3) is 4.73. The van der Waals surface area contributed by atoms with Crippen LogP contribution in [0.1, 0.15) is 16.7 Å². The fourth-order valence-electron chi connectivity index (χ4n) is 2.88. The van der Waals surface area contributed by atoms with Crippen LogP contribution in [0.15, 0.2) is 84.4 Å². The van der Waals surface area contributed by atoms with Crippen molar-refractivity contribution < 1.29 is 18.7 Å². The average Bonchev–Trinajstić information content (AvgIpc) is 3.08. The Morgan fingerprint density at radius 3 is 2.48 bits per heavy atom. The van der Waals surface area contributed by atoms with Gasteiger partial charge in [0.05, 0.1) is 5.57 Å². The second kappa shape index (κ2) is 8.33. The van der Waals surface area contributed by atoms with Crippen LogP contribution in [0.3, 0.4) is 0 Å². The van der Waals surface area contributed by atoms with Crippen LogP contribution in [0.25, 0.3) is 11.8 Å². The molecule has 0 N–H and O–H groups in total. The summed E-state index contributed by atoms with van der Waals surface area (Å²) in [6.45, 7) is 0.276. The first-order chi connectivity index (χ1) is 14.1. The molecule has 0 aliphatic carbocycles.